The van der Waals surface area contributed by atoms with Crippen LogP contribution in [-0.2, 0) is 9.59 Å². The van der Waals surface area contributed by atoms with E-state index in [1.807, 2.05) is 24.3 Å². The predicted molar refractivity (Wildman–Crippen MR) is 116 cm³/mol. The zero-order valence-electron chi connectivity index (χ0n) is 16.6. The molecule has 2 atom stereocenters. The van der Waals surface area contributed by atoms with E-state index in [0.29, 0.717) is 51.2 Å². The van der Waals surface area contributed by atoms with E-state index >= 15 is 0 Å². The molecule has 7 heteroatoms. The van der Waals surface area contributed by atoms with Gasteiger partial charge >= 0.3 is 0 Å². The van der Waals surface area contributed by atoms with E-state index in [-0.39, 0.29) is 29.9 Å². The van der Waals surface area contributed by atoms with Gasteiger partial charge in [-0.1, -0.05) is 41.4 Å². The SMILES string of the molecule is COc1ccc([C@H]2CC(=O)C3=C(C2)NC(=O)C[C@@H]3c2cccc(Cl)c2Cl)cc1OC. The maximum absolute atomic E-state index is 13.2. The molecule has 0 saturated heterocycles. The van der Waals surface area contributed by atoms with E-state index in [2.05, 4.69) is 5.32 Å². The highest BCUT2D eigenvalue weighted by Crippen LogP contribution is 2.45. The number of amides is 1. The molecule has 0 unspecified atom stereocenters. The first kappa shape index (κ1) is 20.8. The number of ketones is 1. The molecule has 5 nitrogen and oxygen atoms in total. The topological polar surface area (TPSA) is 64.6 Å². The first-order valence-electron chi connectivity index (χ1n) is 9.64. The van der Waals surface area contributed by atoms with Crippen LogP contribution in [0.3, 0.4) is 0 Å². The summed E-state index contributed by atoms with van der Waals surface area (Å²) in [7, 11) is 3.16. The summed E-state index contributed by atoms with van der Waals surface area (Å²) in [6.07, 6.45) is 1.07. The van der Waals surface area contributed by atoms with Crippen molar-refractivity contribution in [2.75, 3.05) is 14.2 Å². The molecule has 1 N–H and O–H groups in total. The first-order valence-corrected chi connectivity index (χ1v) is 10.4. The number of Topliss-reactive ketones (excluding diaryl/α,β-unsaturated/α-hetero) is 1. The molecule has 2 aliphatic rings. The third-order valence-electron chi connectivity index (χ3n) is 5.77. The molecule has 1 heterocycles. The lowest BCUT2D eigenvalue weighted by Gasteiger charge is -2.35. The second kappa shape index (κ2) is 8.32. The fourth-order valence-corrected chi connectivity index (χ4v) is 4.80. The van der Waals surface area contributed by atoms with E-state index in [1.54, 1.807) is 26.4 Å². The van der Waals surface area contributed by atoms with E-state index in [9.17, 15) is 9.59 Å². The van der Waals surface area contributed by atoms with Crippen LogP contribution in [0.15, 0.2) is 47.7 Å². The van der Waals surface area contributed by atoms with Crippen molar-refractivity contribution >= 4 is 34.9 Å². The van der Waals surface area contributed by atoms with Crippen LogP contribution in [-0.4, -0.2) is 25.9 Å². The fraction of sp³-hybridized carbons (Fsp3) is 0.304. The minimum atomic E-state index is -0.390. The summed E-state index contributed by atoms with van der Waals surface area (Å²) in [4.78, 5) is 25.7. The maximum atomic E-state index is 13.2. The number of hydrogen-bond donors (Lipinski definition) is 1. The quantitative estimate of drug-likeness (QED) is 0.717. The Bertz CT molecular complexity index is 1060. The van der Waals surface area contributed by atoms with Gasteiger partial charge in [0.05, 0.1) is 24.3 Å². The van der Waals surface area contributed by atoms with Crippen LogP contribution in [0.4, 0.5) is 0 Å². The van der Waals surface area contributed by atoms with Gasteiger partial charge in [0.1, 0.15) is 0 Å². The van der Waals surface area contributed by atoms with Crippen LogP contribution >= 0.6 is 23.2 Å². The molecule has 0 fully saturated rings. The molecule has 2 aromatic rings. The van der Waals surface area contributed by atoms with Gasteiger partial charge in [-0.05, 0) is 41.7 Å². The number of carbonyl (C=O) groups is 2. The lowest BCUT2D eigenvalue weighted by atomic mass is 9.73. The molecule has 1 aliphatic carbocycles. The molecule has 1 amide bonds. The van der Waals surface area contributed by atoms with Crippen molar-refractivity contribution in [2.45, 2.75) is 31.1 Å². The highest BCUT2D eigenvalue weighted by molar-refractivity contribution is 6.42. The number of allylic oxidation sites excluding steroid dienone is 2. The molecule has 4 rings (SSSR count). The molecule has 1 aliphatic heterocycles. The van der Waals surface area contributed by atoms with Crippen molar-refractivity contribution in [1.29, 1.82) is 0 Å². The molecule has 0 spiro atoms. The molecule has 0 saturated carbocycles. The maximum Gasteiger partial charge on any atom is 0.225 e. The van der Waals surface area contributed by atoms with Crippen molar-refractivity contribution in [3.63, 3.8) is 0 Å². The van der Waals surface area contributed by atoms with Gasteiger partial charge < -0.3 is 14.8 Å². The largest absolute Gasteiger partial charge is 0.493 e. The number of halogens is 2. The van der Waals surface area contributed by atoms with Crippen molar-refractivity contribution in [3.8, 4) is 11.5 Å². The number of nitrogens with one attached hydrogen (secondary N) is 1. The number of benzene rings is 2. The molecule has 30 heavy (non-hydrogen) atoms. The van der Waals surface area contributed by atoms with Gasteiger partial charge in [0.25, 0.3) is 0 Å². The van der Waals surface area contributed by atoms with Gasteiger partial charge in [0.15, 0.2) is 17.3 Å². The van der Waals surface area contributed by atoms with Crippen LogP contribution in [0, 0.1) is 0 Å². The molecule has 0 radical (unpaired) electrons. The Balaban J connectivity index is 1.72. The highest BCUT2D eigenvalue weighted by atomic mass is 35.5. The number of hydrogen-bond acceptors (Lipinski definition) is 4. The normalized spacial score (nSPS) is 21.2. The minimum Gasteiger partial charge on any atom is -0.493 e. The summed E-state index contributed by atoms with van der Waals surface area (Å²) < 4.78 is 10.7. The van der Waals surface area contributed by atoms with Crippen LogP contribution in [0.2, 0.25) is 10.0 Å². The average Bonchev–Trinajstić information content (AvgIpc) is 2.74. The molecule has 2 aromatic carbocycles. The van der Waals surface area contributed by atoms with E-state index in [4.69, 9.17) is 32.7 Å². The Labute approximate surface area is 185 Å². The van der Waals surface area contributed by atoms with Crippen molar-refractivity contribution < 1.29 is 19.1 Å². The summed E-state index contributed by atoms with van der Waals surface area (Å²) in [5.41, 5.74) is 2.98. The first-order chi connectivity index (χ1) is 14.4. The van der Waals surface area contributed by atoms with Crippen LogP contribution < -0.4 is 14.8 Å². The summed E-state index contributed by atoms with van der Waals surface area (Å²) in [6.45, 7) is 0. The van der Waals surface area contributed by atoms with Gasteiger partial charge in [-0.2, -0.15) is 0 Å². The van der Waals surface area contributed by atoms with Gasteiger partial charge in [-0.15, -0.1) is 0 Å². The number of carbonyl (C=O) groups excluding carboxylic acids is 2. The average molecular weight is 446 g/mol. The second-order valence-corrected chi connectivity index (χ2v) is 8.27. The Kier molecular flexibility index (Phi) is 5.76. The summed E-state index contributed by atoms with van der Waals surface area (Å²) >= 11 is 12.6. The standard InChI is InChI=1S/C23H21Cl2NO4/c1-29-19-7-6-12(10-20(19)30-2)13-8-17-22(18(27)9-13)15(11-21(28)26-17)14-4-3-5-16(24)23(14)25/h3-7,10,13,15H,8-9,11H2,1-2H3,(H,26,28)/t13-,15-/m1/s1. The molecular formula is C23H21Cl2NO4. The second-order valence-electron chi connectivity index (χ2n) is 7.48. The van der Waals surface area contributed by atoms with Gasteiger partial charge in [-0.3, -0.25) is 9.59 Å². The van der Waals surface area contributed by atoms with E-state index < -0.39 is 0 Å². The Hall–Kier alpha value is -2.50. The molecule has 0 bridgehead atoms. The summed E-state index contributed by atoms with van der Waals surface area (Å²) in [6, 6.07) is 11.0. The van der Waals surface area contributed by atoms with Crippen LogP contribution in [0.1, 0.15) is 42.2 Å². The molecular weight excluding hydrogens is 425 g/mol. The molecule has 156 valence electrons. The van der Waals surface area contributed by atoms with Crippen molar-refractivity contribution in [1.82, 2.24) is 5.32 Å². The predicted octanol–water partition coefficient (Wildman–Crippen LogP) is 5.01. The summed E-state index contributed by atoms with van der Waals surface area (Å²) in [5, 5.41) is 3.72. The van der Waals surface area contributed by atoms with Gasteiger partial charge in [0.2, 0.25) is 5.91 Å². The third kappa shape index (κ3) is 3.68. The molecule has 0 aromatic heterocycles. The van der Waals surface area contributed by atoms with Crippen molar-refractivity contribution in [2.24, 2.45) is 0 Å². The fourth-order valence-electron chi connectivity index (χ4n) is 4.36. The zero-order chi connectivity index (χ0) is 21.4. The lowest BCUT2D eigenvalue weighted by molar-refractivity contribution is -0.122. The van der Waals surface area contributed by atoms with Crippen LogP contribution in [0.5, 0.6) is 11.5 Å². The van der Waals surface area contributed by atoms with E-state index in [1.165, 1.54) is 0 Å². The Morgan fingerprint density at radius 3 is 2.47 bits per heavy atom. The van der Waals surface area contributed by atoms with Crippen LogP contribution in [0.25, 0.3) is 0 Å². The van der Waals surface area contributed by atoms with Gasteiger partial charge in [0, 0.05) is 30.0 Å². The van der Waals surface area contributed by atoms with Gasteiger partial charge in [-0.25, -0.2) is 0 Å². The van der Waals surface area contributed by atoms with Crippen molar-refractivity contribution in [3.05, 3.63) is 68.8 Å². The Morgan fingerprint density at radius 1 is 0.967 bits per heavy atom. The lowest BCUT2D eigenvalue weighted by Crippen LogP contribution is -2.38. The smallest absolute Gasteiger partial charge is 0.225 e. The number of rotatable bonds is 4. The van der Waals surface area contributed by atoms with E-state index in [0.717, 1.165) is 5.56 Å². The zero-order valence-corrected chi connectivity index (χ0v) is 18.1. The number of methoxy groups -OCH3 is 2. The minimum absolute atomic E-state index is 0.0112. The third-order valence-corrected chi connectivity index (χ3v) is 6.61. The monoisotopic (exact) mass is 445 g/mol. The number of ether oxygens (including phenoxy) is 2. The summed E-state index contributed by atoms with van der Waals surface area (Å²) in [5.74, 6) is 0.666. The highest BCUT2D eigenvalue weighted by Gasteiger charge is 2.39. The Morgan fingerprint density at radius 2 is 1.73 bits per heavy atom.